The van der Waals surface area contributed by atoms with Crippen molar-refractivity contribution in [3.63, 3.8) is 0 Å². The zero-order valence-corrected chi connectivity index (χ0v) is 17.0. The minimum Gasteiger partial charge on any atom is -0.383 e. The Hall–Kier alpha value is -2.61. The number of benzene rings is 1. The van der Waals surface area contributed by atoms with E-state index in [0.29, 0.717) is 11.7 Å². The van der Waals surface area contributed by atoms with E-state index >= 15 is 0 Å². The molecule has 146 valence electrons. The van der Waals surface area contributed by atoms with E-state index in [2.05, 4.69) is 10.3 Å². The van der Waals surface area contributed by atoms with Crippen molar-refractivity contribution < 1.29 is 0 Å². The van der Waals surface area contributed by atoms with E-state index in [1.807, 2.05) is 58.0 Å². The van der Waals surface area contributed by atoms with Gasteiger partial charge in [0.05, 0.1) is 6.54 Å². The van der Waals surface area contributed by atoms with Crippen LogP contribution in [0, 0.1) is 5.92 Å². The first-order valence-electron chi connectivity index (χ1n) is 8.95. The monoisotopic (exact) mass is 389 g/mol. The molecule has 0 aliphatic rings. The molecule has 0 spiro atoms. The van der Waals surface area contributed by atoms with Crippen molar-refractivity contribution in [1.82, 2.24) is 14.9 Å². The molecule has 0 saturated carbocycles. The number of thiocarbonyl (C=S) groups is 1. The lowest BCUT2D eigenvalue weighted by atomic mass is 10.2. The van der Waals surface area contributed by atoms with Gasteiger partial charge in [-0.1, -0.05) is 44.2 Å². The average Bonchev–Trinajstić information content (AvgIpc) is 2.57. The molecule has 1 heterocycles. The van der Waals surface area contributed by atoms with Gasteiger partial charge < -0.3 is 16.0 Å². The third kappa shape index (κ3) is 5.19. The number of nitrogens with one attached hydrogen (secondary N) is 2. The zero-order chi connectivity index (χ0) is 20.1. The topological polar surface area (TPSA) is 96.2 Å². The summed E-state index contributed by atoms with van der Waals surface area (Å²) in [6.07, 6.45) is 0. The van der Waals surface area contributed by atoms with E-state index in [0.717, 1.165) is 5.56 Å². The molecular formula is C19H27N5O2S. The Balaban J connectivity index is 2.55. The van der Waals surface area contributed by atoms with Crippen molar-refractivity contribution in [2.45, 2.75) is 40.3 Å². The number of anilines is 2. The molecule has 1 aromatic heterocycles. The Morgan fingerprint density at radius 2 is 1.85 bits per heavy atom. The maximum absolute atomic E-state index is 12.6. The summed E-state index contributed by atoms with van der Waals surface area (Å²) in [5.41, 5.74) is 6.30. The van der Waals surface area contributed by atoms with Gasteiger partial charge in [0.25, 0.3) is 5.56 Å². The number of hydrogen-bond acceptors (Lipinski definition) is 4. The fourth-order valence-corrected chi connectivity index (χ4v) is 3.13. The van der Waals surface area contributed by atoms with Gasteiger partial charge in [-0.2, -0.15) is 0 Å². The van der Waals surface area contributed by atoms with E-state index in [-0.39, 0.29) is 30.0 Å². The molecular weight excluding hydrogens is 362 g/mol. The van der Waals surface area contributed by atoms with Crippen LogP contribution in [-0.2, 0) is 6.54 Å². The zero-order valence-electron chi connectivity index (χ0n) is 16.2. The first kappa shape index (κ1) is 20.7. The van der Waals surface area contributed by atoms with Crippen LogP contribution in [0.15, 0.2) is 39.9 Å². The van der Waals surface area contributed by atoms with Crippen LogP contribution < -0.4 is 27.2 Å². The van der Waals surface area contributed by atoms with E-state index in [9.17, 15) is 9.59 Å². The smallest absolute Gasteiger partial charge is 0.330 e. The summed E-state index contributed by atoms with van der Waals surface area (Å²) in [5, 5.41) is 3.55. The van der Waals surface area contributed by atoms with Crippen LogP contribution in [0.25, 0.3) is 0 Å². The van der Waals surface area contributed by atoms with Gasteiger partial charge in [-0.15, -0.1) is 0 Å². The largest absolute Gasteiger partial charge is 0.383 e. The molecule has 0 atom stereocenters. The van der Waals surface area contributed by atoms with Gasteiger partial charge in [0.1, 0.15) is 5.82 Å². The molecule has 0 bridgehead atoms. The van der Waals surface area contributed by atoms with Crippen LogP contribution in [-0.4, -0.2) is 27.3 Å². The predicted molar refractivity (Wildman–Crippen MR) is 114 cm³/mol. The van der Waals surface area contributed by atoms with E-state index in [1.165, 1.54) is 4.57 Å². The van der Waals surface area contributed by atoms with Crippen molar-refractivity contribution >= 4 is 28.8 Å². The summed E-state index contributed by atoms with van der Waals surface area (Å²) in [6.45, 7) is 8.73. The molecule has 7 nitrogen and oxygen atoms in total. The van der Waals surface area contributed by atoms with Crippen LogP contribution in [0.2, 0.25) is 0 Å². The van der Waals surface area contributed by atoms with Gasteiger partial charge in [-0.05, 0) is 37.5 Å². The Kier molecular flexibility index (Phi) is 6.79. The fraction of sp³-hybridized carbons (Fsp3) is 0.421. The third-order valence-electron chi connectivity index (χ3n) is 3.87. The van der Waals surface area contributed by atoms with Crippen molar-refractivity contribution in [1.29, 1.82) is 0 Å². The number of aromatic nitrogens is 2. The van der Waals surface area contributed by atoms with Crippen molar-refractivity contribution in [2.24, 2.45) is 5.92 Å². The minimum atomic E-state index is -0.546. The van der Waals surface area contributed by atoms with Gasteiger partial charge >= 0.3 is 5.69 Å². The van der Waals surface area contributed by atoms with Gasteiger partial charge in [0, 0.05) is 12.6 Å². The normalized spacial score (nSPS) is 11.0. The quantitative estimate of drug-likeness (QED) is 0.653. The predicted octanol–water partition coefficient (Wildman–Crippen LogP) is 1.91. The molecule has 0 amide bonds. The maximum atomic E-state index is 12.6. The van der Waals surface area contributed by atoms with Crippen LogP contribution in [0.3, 0.4) is 0 Å². The van der Waals surface area contributed by atoms with Gasteiger partial charge in [0.15, 0.2) is 10.8 Å². The van der Waals surface area contributed by atoms with E-state index in [1.54, 1.807) is 4.90 Å². The lowest BCUT2D eigenvalue weighted by Gasteiger charge is -2.29. The molecule has 1 aromatic carbocycles. The van der Waals surface area contributed by atoms with Crippen LogP contribution in [0.5, 0.6) is 0 Å². The molecule has 2 rings (SSSR count). The summed E-state index contributed by atoms with van der Waals surface area (Å²) in [6, 6.07) is 9.56. The Bertz CT molecular complexity index is 903. The first-order valence-corrected chi connectivity index (χ1v) is 9.36. The lowest BCUT2D eigenvalue weighted by molar-refractivity contribution is 0.640. The number of nitrogen functional groups attached to an aromatic ring is 1. The van der Waals surface area contributed by atoms with Gasteiger partial charge in [-0.25, -0.2) is 4.79 Å². The number of H-pyrrole nitrogens is 1. The van der Waals surface area contributed by atoms with Crippen molar-refractivity contribution in [2.75, 3.05) is 17.2 Å². The fourth-order valence-electron chi connectivity index (χ4n) is 2.73. The SMILES string of the molecule is CC(C)CN(C(=S)NC(C)C)c1c(N)n(Cc2ccccc2)c(=O)[nH]c1=O. The summed E-state index contributed by atoms with van der Waals surface area (Å²) in [4.78, 5) is 29.0. The second kappa shape index (κ2) is 8.85. The number of rotatable bonds is 6. The van der Waals surface area contributed by atoms with E-state index < -0.39 is 11.2 Å². The number of hydrogen-bond donors (Lipinski definition) is 3. The molecule has 0 fully saturated rings. The molecule has 4 N–H and O–H groups in total. The summed E-state index contributed by atoms with van der Waals surface area (Å²) < 4.78 is 1.36. The third-order valence-corrected chi connectivity index (χ3v) is 4.21. The van der Waals surface area contributed by atoms with Crippen molar-refractivity contribution in [3.05, 3.63) is 56.7 Å². The van der Waals surface area contributed by atoms with Crippen molar-refractivity contribution in [3.8, 4) is 0 Å². The maximum Gasteiger partial charge on any atom is 0.330 e. The molecule has 27 heavy (non-hydrogen) atoms. The molecule has 0 aliphatic carbocycles. The first-order chi connectivity index (χ1) is 12.7. The average molecular weight is 390 g/mol. The van der Waals surface area contributed by atoms with Gasteiger partial charge in [-0.3, -0.25) is 14.3 Å². The number of nitrogens with two attached hydrogens (primary N) is 1. The Morgan fingerprint density at radius 3 is 2.41 bits per heavy atom. The second-order valence-corrected chi connectivity index (χ2v) is 7.56. The molecule has 2 aromatic rings. The molecule has 0 radical (unpaired) electrons. The highest BCUT2D eigenvalue weighted by Crippen LogP contribution is 2.19. The number of nitrogens with zero attached hydrogens (tertiary/aromatic N) is 2. The van der Waals surface area contributed by atoms with Crippen LogP contribution >= 0.6 is 12.2 Å². The minimum absolute atomic E-state index is 0.0983. The highest BCUT2D eigenvalue weighted by molar-refractivity contribution is 7.80. The molecule has 8 heteroatoms. The van der Waals surface area contributed by atoms with Gasteiger partial charge in [0.2, 0.25) is 0 Å². The second-order valence-electron chi connectivity index (χ2n) is 7.17. The summed E-state index contributed by atoms with van der Waals surface area (Å²) in [7, 11) is 0. The highest BCUT2D eigenvalue weighted by atomic mass is 32.1. The lowest BCUT2D eigenvalue weighted by Crippen LogP contribution is -2.48. The van der Waals surface area contributed by atoms with Crippen LogP contribution in [0.4, 0.5) is 11.5 Å². The Labute approximate surface area is 164 Å². The molecule has 0 aliphatic heterocycles. The number of aromatic amines is 1. The van der Waals surface area contributed by atoms with E-state index in [4.69, 9.17) is 18.0 Å². The van der Waals surface area contributed by atoms with Crippen LogP contribution in [0.1, 0.15) is 33.3 Å². The highest BCUT2D eigenvalue weighted by Gasteiger charge is 2.23. The molecule has 0 unspecified atom stereocenters. The summed E-state index contributed by atoms with van der Waals surface area (Å²) in [5.74, 6) is 0.325. The summed E-state index contributed by atoms with van der Waals surface area (Å²) >= 11 is 5.50. The molecule has 0 saturated heterocycles. The standard InChI is InChI=1S/C19H27N5O2S/c1-12(2)10-23(19(27)21-13(3)4)15-16(20)24(18(26)22-17(15)25)11-14-8-6-5-7-9-14/h5-9,12-13H,10-11,20H2,1-4H3,(H,21,27)(H,22,25,26). The Morgan fingerprint density at radius 1 is 1.22 bits per heavy atom.